The number of carbonyl (C=O) groups excluding carboxylic acids is 1. The quantitative estimate of drug-likeness (QED) is 0.894. The summed E-state index contributed by atoms with van der Waals surface area (Å²) in [5, 5.41) is 2.68. The minimum absolute atomic E-state index is 0.0480. The first kappa shape index (κ1) is 16.9. The van der Waals surface area contributed by atoms with Crippen LogP contribution >= 0.6 is 0 Å². The van der Waals surface area contributed by atoms with Gasteiger partial charge in [0.1, 0.15) is 5.75 Å². The maximum atomic E-state index is 12.6. The van der Waals surface area contributed by atoms with E-state index in [0.29, 0.717) is 5.69 Å². The van der Waals surface area contributed by atoms with Crippen LogP contribution in [-0.4, -0.2) is 18.2 Å². The number of alkyl halides is 3. The number of ether oxygens (including phenoxy) is 1. The third kappa shape index (κ3) is 4.25. The van der Waals surface area contributed by atoms with Crippen LogP contribution in [0.1, 0.15) is 22.8 Å². The Morgan fingerprint density at radius 3 is 2.35 bits per heavy atom. The Balaban J connectivity index is 2.23. The Hall–Kier alpha value is -2.50. The maximum Gasteiger partial charge on any atom is 0.425 e. The van der Waals surface area contributed by atoms with Crippen LogP contribution in [0.4, 0.5) is 18.9 Å². The van der Waals surface area contributed by atoms with Crippen molar-refractivity contribution in [3.8, 4) is 5.75 Å². The van der Waals surface area contributed by atoms with Crippen molar-refractivity contribution >= 4 is 11.6 Å². The van der Waals surface area contributed by atoms with Crippen LogP contribution in [0, 0.1) is 6.92 Å². The molecule has 0 aliphatic carbocycles. The molecule has 6 heteroatoms. The van der Waals surface area contributed by atoms with E-state index in [1.807, 2.05) is 19.1 Å². The van der Waals surface area contributed by atoms with E-state index in [1.54, 1.807) is 18.2 Å². The van der Waals surface area contributed by atoms with Crippen molar-refractivity contribution in [2.75, 3.05) is 5.32 Å². The molecular weight excluding hydrogens is 307 g/mol. The standard InChI is InChI=1S/C17H16F3NO2/c1-11-7-3-5-9-14(11)21-16(22)13-8-4-6-10-15(13)23-12(2)17(18,19)20/h3-10,12H,1-2H3,(H,21,22)/t12-/m0/s1. The number of carbonyl (C=O) groups is 1. The number of aryl methyl sites for hydroxylation is 1. The minimum atomic E-state index is -4.50. The van der Waals surface area contributed by atoms with E-state index in [-0.39, 0.29) is 11.3 Å². The number of hydrogen-bond acceptors (Lipinski definition) is 2. The molecule has 23 heavy (non-hydrogen) atoms. The summed E-state index contributed by atoms with van der Waals surface area (Å²) in [7, 11) is 0. The zero-order valence-electron chi connectivity index (χ0n) is 12.6. The number of para-hydroxylation sites is 2. The fourth-order valence-electron chi connectivity index (χ4n) is 1.92. The molecule has 2 aromatic carbocycles. The Morgan fingerprint density at radius 1 is 1.09 bits per heavy atom. The van der Waals surface area contributed by atoms with E-state index in [1.165, 1.54) is 18.2 Å². The Morgan fingerprint density at radius 2 is 1.70 bits per heavy atom. The smallest absolute Gasteiger partial charge is 0.425 e. The normalized spacial score (nSPS) is 12.6. The van der Waals surface area contributed by atoms with Crippen molar-refractivity contribution in [2.45, 2.75) is 26.1 Å². The van der Waals surface area contributed by atoms with Gasteiger partial charge in [0.2, 0.25) is 0 Å². The molecule has 1 atom stereocenters. The van der Waals surface area contributed by atoms with Gasteiger partial charge in [0.25, 0.3) is 5.91 Å². The summed E-state index contributed by atoms with van der Waals surface area (Å²) in [6, 6.07) is 13.0. The van der Waals surface area contributed by atoms with Crippen molar-refractivity contribution in [1.82, 2.24) is 0 Å². The molecule has 0 aliphatic rings. The number of amides is 1. The molecule has 0 saturated carbocycles. The van der Waals surface area contributed by atoms with E-state index in [9.17, 15) is 18.0 Å². The molecule has 3 nitrogen and oxygen atoms in total. The molecule has 0 saturated heterocycles. The topological polar surface area (TPSA) is 38.3 Å². The molecule has 0 fully saturated rings. The summed E-state index contributed by atoms with van der Waals surface area (Å²) in [6.07, 6.45) is -6.51. The molecule has 1 amide bonds. The van der Waals surface area contributed by atoms with Crippen molar-refractivity contribution < 1.29 is 22.7 Å². The van der Waals surface area contributed by atoms with Gasteiger partial charge in [0, 0.05) is 5.69 Å². The predicted octanol–water partition coefficient (Wildman–Crippen LogP) is 4.58. The van der Waals surface area contributed by atoms with Crippen LogP contribution in [0.15, 0.2) is 48.5 Å². The van der Waals surface area contributed by atoms with Gasteiger partial charge in [-0.25, -0.2) is 0 Å². The van der Waals surface area contributed by atoms with E-state index in [0.717, 1.165) is 12.5 Å². The molecular formula is C17H16F3NO2. The van der Waals surface area contributed by atoms with Crippen molar-refractivity contribution in [2.24, 2.45) is 0 Å². The summed E-state index contributed by atoms with van der Waals surface area (Å²) in [6.45, 7) is 2.72. The third-order valence-electron chi connectivity index (χ3n) is 3.29. The third-order valence-corrected chi connectivity index (χ3v) is 3.29. The van der Waals surface area contributed by atoms with Gasteiger partial charge in [-0.3, -0.25) is 4.79 Å². The Bertz CT molecular complexity index is 698. The lowest BCUT2D eigenvalue weighted by Crippen LogP contribution is -2.31. The predicted molar refractivity (Wildman–Crippen MR) is 81.7 cm³/mol. The fraction of sp³-hybridized carbons (Fsp3) is 0.235. The monoisotopic (exact) mass is 323 g/mol. The fourth-order valence-corrected chi connectivity index (χ4v) is 1.92. The number of hydrogen-bond donors (Lipinski definition) is 1. The number of halogens is 3. The zero-order chi connectivity index (χ0) is 17.0. The lowest BCUT2D eigenvalue weighted by atomic mass is 10.1. The molecule has 0 aromatic heterocycles. The average Bonchev–Trinajstić information content (AvgIpc) is 2.49. The molecule has 0 bridgehead atoms. The summed E-state index contributed by atoms with van der Waals surface area (Å²) in [5.74, 6) is -0.632. The second-order valence-corrected chi connectivity index (χ2v) is 5.07. The first-order valence-corrected chi connectivity index (χ1v) is 6.98. The molecule has 0 radical (unpaired) electrons. The van der Waals surface area contributed by atoms with Crippen molar-refractivity contribution in [1.29, 1.82) is 0 Å². The SMILES string of the molecule is Cc1ccccc1NC(=O)c1ccccc1O[C@@H](C)C(F)(F)F. The van der Waals surface area contributed by atoms with Gasteiger partial charge >= 0.3 is 6.18 Å². The molecule has 2 aromatic rings. The largest absolute Gasteiger partial charge is 0.480 e. The average molecular weight is 323 g/mol. The van der Waals surface area contributed by atoms with Crippen molar-refractivity contribution in [3.05, 3.63) is 59.7 Å². The van der Waals surface area contributed by atoms with Crippen LogP contribution in [0.5, 0.6) is 5.75 Å². The minimum Gasteiger partial charge on any atom is -0.480 e. The van der Waals surface area contributed by atoms with Gasteiger partial charge in [0.15, 0.2) is 6.10 Å². The zero-order valence-corrected chi connectivity index (χ0v) is 12.6. The molecule has 2 rings (SSSR count). The molecule has 1 N–H and O–H groups in total. The van der Waals surface area contributed by atoms with Crippen LogP contribution in [0.3, 0.4) is 0 Å². The Kier molecular flexibility index (Phi) is 4.93. The highest BCUT2D eigenvalue weighted by molar-refractivity contribution is 6.06. The van der Waals surface area contributed by atoms with E-state index < -0.39 is 18.2 Å². The number of rotatable bonds is 4. The van der Waals surface area contributed by atoms with Gasteiger partial charge in [-0.05, 0) is 37.6 Å². The summed E-state index contributed by atoms with van der Waals surface area (Å²) in [4.78, 5) is 12.3. The van der Waals surface area contributed by atoms with Gasteiger partial charge in [-0.15, -0.1) is 0 Å². The second-order valence-electron chi connectivity index (χ2n) is 5.07. The van der Waals surface area contributed by atoms with E-state index in [4.69, 9.17) is 4.74 Å². The van der Waals surface area contributed by atoms with E-state index >= 15 is 0 Å². The van der Waals surface area contributed by atoms with Crippen LogP contribution in [-0.2, 0) is 0 Å². The number of anilines is 1. The number of benzene rings is 2. The molecule has 0 heterocycles. The molecule has 0 aliphatic heterocycles. The highest BCUT2D eigenvalue weighted by Gasteiger charge is 2.38. The highest BCUT2D eigenvalue weighted by Crippen LogP contribution is 2.27. The lowest BCUT2D eigenvalue weighted by Gasteiger charge is -2.19. The number of nitrogens with one attached hydrogen (secondary N) is 1. The van der Waals surface area contributed by atoms with Gasteiger partial charge in [-0.1, -0.05) is 30.3 Å². The maximum absolute atomic E-state index is 12.6. The van der Waals surface area contributed by atoms with E-state index in [2.05, 4.69) is 5.32 Å². The lowest BCUT2D eigenvalue weighted by molar-refractivity contribution is -0.189. The van der Waals surface area contributed by atoms with Crippen molar-refractivity contribution in [3.63, 3.8) is 0 Å². The molecule has 122 valence electrons. The van der Waals surface area contributed by atoms with Crippen LogP contribution in [0.2, 0.25) is 0 Å². The first-order chi connectivity index (χ1) is 10.8. The molecule has 0 unspecified atom stereocenters. The first-order valence-electron chi connectivity index (χ1n) is 6.98. The van der Waals surface area contributed by atoms with Gasteiger partial charge < -0.3 is 10.1 Å². The second kappa shape index (κ2) is 6.73. The van der Waals surface area contributed by atoms with Gasteiger partial charge in [-0.2, -0.15) is 13.2 Å². The summed E-state index contributed by atoms with van der Waals surface area (Å²) >= 11 is 0. The highest BCUT2D eigenvalue weighted by atomic mass is 19.4. The Labute approximate surface area is 132 Å². The van der Waals surface area contributed by atoms with Gasteiger partial charge in [0.05, 0.1) is 5.56 Å². The van der Waals surface area contributed by atoms with Crippen LogP contribution in [0.25, 0.3) is 0 Å². The summed E-state index contributed by atoms with van der Waals surface area (Å²) < 4.78 is 42.8. The summed E-state index contributed by atoms with van der Waals surface area (Å²) in [5.41, 5.74) is 1.49. The molecule has 0 spiro atoms. The van der Waals surface area contributed by atoms with Crippen LogP contribution < -0.4 is 10.1 Å².